The second kappa shape index (κ2) is 4.52. The predicted octanol–water partition coefficient (Wildman–Crippen LogP) is 0.598. The van der Waals surface area contributed by atoms with Gasteiger partial charge in [0.25, 0.3) is 5.91 Å². The lowest BCUT2D eigenvalue weighted by Crippen LogP contribution is -2.56. The van der Waals surface area contributed by atoms with Crippen LogP contribution in [0.3, 0.4) is 0 Å². The third-order valence-electron chi connectivity index (χ3n) is 2.68. The van der Waals surface area contributed by atoms with Crippen LogP contribution in [-0.4, -0.2) is 41.6 Å². The van der Waals surface area contributed by atoms with Crippen molar-refractivity contribution in [2.45, 2.75) is 31.5 Å². The average Bonchev–Trinajstić information content (AvgIpc) is 2.42. The molecule has 1 unspecified atom stereocenters. The molecular weight excluding hydrogens is 239 g/mol. The van der Waals surface area contributed by atoms with Crippen LogP contribution in [0.2, 0.25) is 0 Å². The van der Waals surface area contributed by atoms with E-state index in [0.29, 0.717) is 31.2 Å². The summed E-state index contributed by atoms with van der Waals surface area (Å²) in [4.78, 5) is 23.5. The Balaban J connectivity index is 2.79. The highest BCUT2D eigenvalue weighted by Crippen LogP contribution is 2.35. The van der Waals surface area contributed by atoms with E-state index < -0.39 is 23.7 Å². The fourth-order valence-electron chi connectivity index (χ4n) is 1.51. The number of imide groups is 1. The number of nitrogens with zero attached hydrogens (tertiary/aromatic N) is 1. The molecule has 0 aromatic heterocycles. The molecule has 5 nitrogen and oxygen atoms in total. The van der Waals surface area contributed by atoms with Gasteiger partial charge in [-0.3, -0.25) is 9.69 Å². The van der Waals surface area contributed by atoms with Crippen LogP contribution >= 0.6 is 0 Å². The third-order valence-corrected chi connectivity index (χ3v) is 2.68. The van der Waals surface area contributed by atoms with Crippen molar-refractivity contribution in [2.75, 3.05) is 13.1 Å². The molecule has 98 valence electrons. The maximum absolute atomic E-state index is 12.6. The number of nitrogens with two attached hydrogens (primary N) is 1. The summed E-state index contributed by atoms with van der Waals surface area (Å²) in [5.74, 6) is -1.26. The molecule has 1 heterocycles. The minimum atomic E-state index is -4.80. The average molecular weight is 253 g/mol. The number of halogens is 3. The highest BCUT2D eigenvalue weighted by molar-refractivity contribution is 6.07. The van der Waals surface area contributed by atoms with Gasteiger partial charge < -0.3 is 11.1 Å². The molecule has 0 spiro atoms. The van der Waals surface area contributed by atoms with Gasteiger partial charge in [-0.15, -0.1) is 0 Å². The van der Waals surface area contributed by atoms with Crippen molar-refractivity contribution in [1.29, 1.82) is 0 Å². The van der Waals surface area contributed by atoms with Gasteiger partial charge in [0.2, 0.25) is 5.54 Å². The molecule has 3 amide bonds. The van der Waals surface area contributed by atoms with Crippen LogP contribution in [0.15, 0.2) is 0 Å². The molecule has 1 fully saturated rings. The molecule has 0 radical (unpaired) electrons. The molecule has 0 aromatic rings. The highest BCUT2D eigenvalue weighted by atomic mass is 19.4. The predicted molar refractivity (Wildman–Crippen MR) is 53.0 cm³/mol. The van der Waals surface area contributed by atoms with Crippen LogP contribution in [0.1, 0.15) is 19.8 Å². The van der Waals surface area contributed by atoms with Crippen LogP contribution in [0.5, 0.6) is 0 Å². The Hall–Kier alpha value is -1.31. The van der Waals surface area contributed by atoms with Gasteiger partial charge in [0.05, 0.1) is 0 Å². The molecule has 0 saturated carbocycles. The zero-order chi connectivity index (χ0) is 13.3. The van der Waals surface area contributed by atoms with Crippen molar-refractivity contribution in [3.8, 4) is 0 Å². The number of alkyl halides is 3. The summed E-state index contributed by atoms with van der Waals surface area (Å²) < 4.78 is 37.9. The molecule has 3 N–H and O–H groups in total. The van der Waals surface area contributed by atoms with Crippen molar-refractivity contribution in [2.24, 2.45) is 5.73 Å². The van der Waals surface area contributed by atoms with E-state index in [9.17, 15) is 22.8 Å². The lowest BCUT2D eigenvalue weighted by atomic mass is 10.0. The van der Waals surface area contributed by atoms with Gasteiger partial charge in [-0.25, -0.2) is 4.79 Å². The Kier molecular flexibility index (Phi) is 3.65. The molecule has 1 saturated heterocycles. The van der Waals surface area contributed by atoms with E-state index in [1.165, 1.54) is 0 Å². The lowest BCUT2D eigenvalue weighted by molar-refractivity contribution is -0.191. The molecule has 1 aliphatic heterocycles. The highest BCUT2D eigenvalue weighted by Gasteiger charge is 2.64. The van der Waals surface area contributed by atoms with Gasteiger partial charge >= 0.3 is 12.2 Å². The van der Waals surface area contributed by atoms with Gasteiger partial charge in [0.1, 0.15) is 0 Å². The van der Waals surface area contributed by atoms with Crippen LogP contribution in [0.4, 0.5) is 18.0 Å². The Morgan fingerprint density at radius 1 is 1.35 bits per heavy atom. The molecule has 8 heteroatoms. The third kappa shape index (κ3) is 2.36. The maximum atomic E-state index is 12.6. The monoisotopic (exact) mass is 253 g/mol. The zero-order valence-corrected chi connectivity index (χ0v) is 9.30. The Labute approximate surface area is 96.1 Å². The summed E-state index contributed by atoms with van der Waals surface area (Å²) in [7, 11) is 0. The number of unbranched alkanes of at least 4 members (excludes halogenated alkanes) is 1. The topological polar surface area (TPSA) is 75.4 Å². The summed E-state index contributed by atoms with van der Waals surface area (Å²) in [6.07, 6.45) is -3.87. The maximum Gasteiger partial charge on any atom is 0.420 e. The number of nitrogens with one attached hydrogen (secondary N) is 1. The van der Waals surface area contributed by atoms with Crippen LogP contribution in [0.25, 0.3) is 0 Å². The second-order valence-electron chi connectivity index (χ2n) is 4.01. The van der Waals surface area contributed by atoms with E-state index in [-0.39, 0.29) is 6.54 Å². The first-order valence-electron chi connectivity index (χ1n) is 5.15. The molecular formula is C9H14F3N3O2. The smallest absolute Gasteiger partial charge is 0.330 e. The van der Waals surface area contributed by atoms with Crippen LogP contribution in [0, 0.1) is 0 Å². The fourth-order valence-corrected chi connectivity index (χ4v) is 1.51. The van der Waals surface area contributed by atoms with Crippen molar-refractivity contribution < 1.29 is 22.8 Å². The van der Waals surface area contributed by atoms with Crippen LogP contribution in [-0.2, 0) is 4.79 Å². The first kappa shape index (κ1) is 13.8. The first-order valence-corrected chi connectivity index (χ1v) is 5.15. The van der Waals surface area contributed by atoms with Crippen molar-refractivity contribution in [1.82, 2.24) is 10.2 Å². The number of carbonyl (C=O) groups excluding carboxylic acids is 2. The summed E-state index contributed by atoms with van der Waals surface area (Å²) in [5.41, 5.74) is 2.41. The van der Waals surface area contributed by atoms with Gasteiger partial charge in [0, 0.05) is 6.54 Å². The molecule has 17 heavy (non-hydrogen) atoms. The Morgan fingerprint density at radius 3 is 2.35 bits per heavy atom. The van der Waals surface area contributed by atoms with E-state index in [0.717, 1.165) is 0 Å². The zero-order valence-electron chi connectivity index (χ0n) is 9.30. The van der Waals surface area contributed by atoms with E-state index in [1.807, 2.05) is 0 Å². The molecule has 1 atom stereocenters. The van der Waals surface area contributed by atoms with E-state index in [1.54, 1.807) is 5.32 Å². The van der Waals surface area contributed by atoms with E-state index in [4.69, 9.17) is 5.73 Å². The summed E-state index contributed by atoms with van der Waals surface area (Å²) in [6.45, 7) is 0.976. The molecule has 1 rings (SSSR count). The number of carbonyl (C=O) groups is 2. The minimum Gasteiger partial charge on any atom is -0.330 e. The van der Waals surface area contributed by atoms with Crippen LogP contribution < -0.4 is 11.1 Å². The standard InChI is InChI=1S/C9H14F3N3O2/c1-8(9(10,11)12)6(16)15(7(17)14-8)5-3-2-4-13/h2-5,13H2,1H3,(H,14,17). The van der Waals surface area contributed by atoms with Gasteiger partial charge in [-0.05, 0) is 26.3 Å². The van der Waals surface area contributed by atoms with Crippen molar-refractivity contribution in [3.63, 3.8) is 0 Å². The molecule has 0 bridgehead atoms. The normalized spacial score (nSPS) is 25.4. The first-order chi connectivity index (χ1) is 7.74. The largest absolute Gasteiger partial charge is 0.420 e. The van der Waals surface area contributed by atoms with E-state index in [2.05, 4.69) is 0 Å². The number of urea groups is 1. The Bertz CT molecular complexity index is 332. The SMILES string of the molecule is CC1(C(F)(F)F)NC(=O)N(CCCCN)C1=O. The lowest BCUT2D eigenvalue weighted by Gasteiger charge is -2.24. The van der Waals surface area contributed by atoms with Gasteiger partial charge in [-0.1, -0.05) is 0 Å². The molecule has 0 aliphatic carbocycles. The quantitative estimate of drug-likeness (QED) is 0.569. The number of rotatable bonds is 4. The summed E-state index contributed by atoms with van der Waals surface area (Å²) in [6, 6.07) is -1.01. The second-order valence-corrected chi connectivity index (χ2v) is 4.01. The number of hydrogen-bond acceptors (Lipinski definition) is 3. The fraction of sp³-hybridized carbons (Fsp3) is 0.778. The number of amides is 3. The van der Waals surface area contributed by atoms with Gasteiger partial charge in [0.15, 0.2) is 0 Å². The number of hydrogen-bond donors (Lipinski definition) is 2. The Morgan fingerprint density at radius 2 is 1.94 bits per heavy atom. The van der Waals surface area contributed by atoms with Crippen molar-refractivity contribution >= 4 is 11.9 Å². The molecule has 1 aliphatic rings. The summed E-state index contributed by atoms with van der Waals surface area (Å²) in [5, 5.41) is 1.68. The molecule has 0 aromatic carbocycles. The minimum absolute atomic E-state index is 0.0481. The van der Waals surface area contributed by atoms with Crippen molar-refractivity contribution in [3.05, 3.63) is 0 Å². The van der Waals surface area contributed by atoms with Gasteiger partial charge in [-0.2, -0.15) is 13.2 Å². The van der Waals surface area contributed by atoms with E-state index >= 15 is 0 Å². The summed E-state index contributed by atoms with van der Waals surface area (Å²) >= 11 is 0.